The van der Waals surface area contributed by atoms with E-state index in [4.69, 9.17) is 21.1 Å². The zero-order chi connectivity index (χ0) is 20.1. The second-order valence-electron chi connectivity index (χ2n) is 5.75. The lowest BCUT2D eigenvalue weighted by Gasteiger charge is -2.12. The van der Waals surface area contributed by atoms with Crippen molar-refractivity contribution in [2.24, 2.45) is 0 Å². The van der Waals surface area contributed by atoms with E-state index in [9.17, 15) is 9.18 Å². The fourth-order valence-electron chi connectivity index (χ4n) is 2.46. The average molecular weight is 406 g/mol. The molecule has 0 saturated carbocycles. The fraction of sp³-hybridized carbons (Fsp3) is 0.222. The van der Waals surface area contributed by atoms with Crippen molar-refractivity contribution < 1.29 is 18.7 Å². The topological polar surface area (TPSA) is 91.2 Å². The Bertz CT molecular complexity index is 995. The summed E-state index contributed by atoms with van der Waals surface area (Å²) in [6.45, 7) is 1.84. The summed E-state index contributed by atoms with van der Waals surface area (Å²) < 4.78 is 25.3. The molecule has 1 aromatic heterocycles. The molecule has 0 aliphatic carbocycles. The lowest BCUT2D eigenvalue weighted by Crippen LogP contribution is -2.15. The van der Waals surface area contributed by atoms with Gasteiger partial charge >= 0.3 is 0 Å². The predicted molar refractivity (Wildman–Crippen MR) is 101 cm³/mol. The zero-order valence-electron chi connectivity index (χ0n) is 15.1. The molecule has 2 aromatic carbocycles. The van der Waals surface area contributed by atoms with Crippen molar-refractivity contribution in [3.8, 4) is 17.2 Å². The molecule has 0 aliphatic rings. The van der Waals surface area contributed by atoms with Gasteiger partial charge in [0.15, 0.2) is 5.82 Å². The summed E-state index contributed by atoms with van der Waals surface area (Å²) in [7, 11) is 1.54. The van der Waals surface area contributed by atoms with Gasteiger partial charge in [-0.15, -0.1) is 5.10 Å². The van der Waals surface area contributed by atoms with Gasteiger partial charge in [0.2, 0.25) is 5.91 Å². The minimum absolute atomic E-state index is 0.0823. The minimum atomic E-state index is -0.455. The number of carbonyl (C=O) groups excluding carboxylic acids is 1. The molecule has 8 nitrogen and oxygen atoms in total. The van der Waals surface area contributed by atoms with Gasteiger partial charge in [-0.3, -0.25) is 4.79 Å². The van der Waals surface area contributed by atoms with Gasteiger partial charge in [-0.05, 0) is 53.7 Å². The lowest BCUT2D eigenvalue weighted by atomic mass is 10.2. The predicted octanol–water partition coefficient (Wildman–Crippen LogP) is 3.18. The molecule has 3 rings (SSSR count). The van der Waals surface area contributed by atoms with Crippen molar-refractivity contribution in [2.75, 3.05) is 19.0 Å². The third-order valence-electron chi connectivity index (χ3n) is 3.80. The van der Waals surface area contributed by atoms with E-state index >= 15 is 0 Å². The number of rotatable bonds is 7. The molecule has 0 spiro atoms. The third kappa shape index (κ3) is 4.55. The van der Waals surface area contributed by atoms with Crippen LogP contribution in [0.15, 0.2) is 36.4 Å². The number of nitrogens with zero attached hydrogens (tertiary/aromatic N) is 4. The number of benzene rings is 2. The van der Waals surface area contributed by atoms with E-state index in [1.54, 1.807) is 25.1 Å². The van der Waals surface area contributed by atoms with Crippen LogP contribution in [0.25, 0.3) is 5.69 Å². The highest BCUT2D eigenvalue weighted by atomic mass is 35.5. The van der Waals surface area contributed by atoms with Crippen LogP contribution < -0.4 is 14.8 Å². The van der Waals surface area contributed by atoms with E-state index in [1.165, 1.54) is 23.9 Å². The summed E-state index contributed by atoms with van der Waals surface area (Å²) in [6, 6.07) is 8.92. The van der Waals surface area contributed by atoms with Crippen molar-refractivity contribution in [3.63, 3.8) is 0 Å². The number of hydrogen-bond acceptors (Lipinski definition) is 6. The van der Waals surface area contributed by atoms with Gasteiger partial charge in [0.25, 0.3) is 0 Å². The number of halogens is 2. The average Bonchev–Trinajstić information content (AvgIpc) is 3.09. The van der Waals surface area contributed by atoms with Crippen LogP contribution >= 0.6 is 11.6 Å². The quantitative estimate of drug-likeness (QED) is 0.649. The highest BCUT2D eigenvalue weighted by Gasteiger charge is 2.13. The molecule has 0 atom stereocenters. The van der Waals surface area contributed by atoms with Crippen LogP contribution in [0.1, 0.15) is 12.2 Å². The molecular weight excluding hydrogens is 389 g/mol. The van der Waals surface area contributed by atoms with Crippen LogP contribution in [0.4, 0.5) is 10.1 Å². The standard InChI is InChI=1S/C18H17ClFN5O3/c1-11-22-23-24-25(11)15-10-13(4-6-17(15)27-2)21-18(26)7-8-28-16-5-3-12(20)9-14(16)19/h3-6,9-10H,7-8H2,1-2H3,(H,21,26). The summed E-state index contributed by atoms with van der Waals surface area (Å²) in [5.74, 6) is 0.733. The number of hydrogen-bond donors (Lipinski definition) is 1. The van der Waals surface area contributed by atoms with Crippen LogP contribution in [0, 0.1) is 12.7 Å². The summed E-state index contributed by atoms with van der Waals surface area (Å²) in [5, 5.41) is 14.3. The maximum absolute atomic E-state index is 13.0. The molecule has 28 heavy (non-hydrogen) atoms. The molecule has 10 heteroatoms. The van der Waals surface area contributed by atoms with Crippen LogP contribution in [-0.2, 0) is 4.79 Å². The fourth-order valence-corrected chi connectivity index (χ4v) is 2.68. The Morgan fingerprint density at radius 3 is 2.71 bits per heavy atom. The molecule has 0 bridgehead atoms. The molecule has 1 amide bonds. The zero-order valence-corrected chi connectivity index (χ0v) is 15.9. The molecule has 0 saturated heterocycles. The minimum Gasteiger partial charge on any atom is -0.494 e. The second kappa shape index (κ2) is 8.66. The largest absolute Gasteiger partial charge is 0.494 e. The molecule has 0 radical (unpaired) electrons. The first kappa shape index (κ1) is 19.6. The molecule has 0 fully saturated rings. The van der Waals surface area contributed by atoms with Gasteiger partial charge in [0, 0.05) is 5.69 Å². The van der Waals surface area contributed by atoms with Gasteiger partial charge < -0.3 is 14.8 Å². The SMILES string of the molecule is COc1ccc(NC(=O)CCOc2ccc(F)cc2Cl)cc1-n1nnnc1C. The van der Waals surface area contributed by atoms with E-state index in [1.807, 2.05) is 0 Å². The summed E-state index contributed by atoms with van der Waals surface area (Å²) in [4.78, 5) is 12.2. The van der Waals surface area contributed by atoms with E-state index in [2.05, 4.69) is 20.8 Å². The van der Waals surface area contributed by atoms with Crippen molar-refractivity contribution in [1.82, 2.24) is 20.2 Å². The Morgan fingerprint density at radius 2 is 2.04 bits per heavy atom. The molecular formula is C18H17ClFN5O3. The molecule has 1 heterocycles. The van der Waals surface area contributed by atoms with Crippen molar-refractivity contribution in [2.45, 2.75) is 13.3 Å². The number of aromatic nitrogens is 4. The summed E-state index contributed by atoms with van der Waals surface area (Å²) >= 11 is 5.89. The first-order valence-corrected chi connectivity index (χ1v) is 8.67. The number of amides is 1. The number of methoxy groups -OCH3 is 1. The molecule has 0 unspecified atom stereocenters. The maximum atomic E-state index is 13.0. The monoisotopic (exact) mass is 405 g/mol. The van der Waals surface area contributed by atoms with Crippen molar-refractivity contribution in [3.05, 3.63) is 53.1 Å². The normalized spacial score (nSPS) is 10.6. The first-order chi connectivity index (χ1) is 13.5. The molecule has 146 valence electrons. The molecule has 0 aliphatic heterocycles. The highest BCUT2D eigenvalue weighted by Crippen LogP contribution is 2.27. The van der Waals surface area contributed by atoms with Gasteiger partial charge in [-0.1, -0.05) is 11.6 Å². The van der Waals surface area contributed by atoms with Crippen LogP contribution in [-0.4, -0.2) is 39.8 Å². The second-order valence-corrected chi connectivity index (χ2v) is 6.15. The Kier molecular flexibility index (Phi) is 6.05. The Balaban J connectivity index is 1.63. The third-order valence-corrected chi connectivity index (χ3v) is 4.09. The Labute approximate surface area is 165 Å². The Morgan fingerprint density at radius 1 is 1.25 bits per heavy atom. The number of ether oxygens (including phenoxy) is 2. The number of aryl methyl sites for hydroxylation is 1. The van der Waals surface area contributed by atoms with Gasteiger partial charge in [0.1, 0.15) is 23.0 Å². The highest BCUT2D eigenvalue weighted by molar-refractivity contribution is 6.32. The van der Waals surface area contributed by atoms with E-state index in [-0.39, 0.29) is 24.0 Å². The number of tetrazole rings is 1. The van der Waals surface area contributed by atoms with Crippen LogP contribution in [0.5, 0.6) is 11.5 Å². The van der Waals surface area contributed by atoms with E-state index in [0.717, 1.165) is 6.07 Å². The number of anilines is 1. The van der Waals surface area contributed by atoms with Crippen LogP contribution in [0.3, 0.4) is 0 Å². The van der Waals surface area contributed by atoms with Crippen LogP contribution in [0.2, 0.25) is 5.02 Å². The molecule has 1 N–H and O–H groups in total. The smallest absolute Gasteiger partial charge is 0.227 e. The first-order valence-electron chi connectivity index (χ1n) is 8.29. The van der Waals surface area contributed by atoms with E-state index < -0.39 is 5.82 Å². The number of carbonyl (C=O) groups is 1. The van der Waals surface area contributed by atoms with E-state index in [0.29, 0.717) is 28.7 Å². The molecule has 3 aromatic rings. The van der Waals surface area contributed by atoms with Gasteiger partial charge in [-0.2, -0.15) is 4.68 Å². The summed E-state index contributed by atoms with van der Waals surface area (Å²) in [5.41, 5.74) is 1.15. The Hall–Kier alpha value is -3.20. The van der Waals surface area contributed by atoms with Crippen molar-refractivity contribution in [1.29, 1.82) is 0 Å². The maximum Gasteiger partial charge on any atom is 0.227 e. The van der Waals surface area contributed by atoms with Crippen molar-refractivity contribution >= 4 is 23.2 Å². The lowest BCUT2D eigenvalue weighted by molar-refractivity contribution is -0.116. The number of nitrogens with one attached hydrogen (secondary N) is 1. The van der Waals surface area contributed by atoms with Gasteiger partial charge in [0.05, 0.1) is 25.2 Å². The summed E-state index contributed by atoms with van der Waals surface area (Å²) in [6.07, 6.45) is 0.0823. The van der Waals surface area contributed by atoms with Gasteiger partial charge in [-0.25, -0.2) is 4.39 Å².